The molecule has 1 N–H and O–H groups in total. The number of carboxylic acid groups (broad SMARTS) is 1. The minimum absolute atomic E-state index is 0.244. The van der Waals surface area contributed by atoms with Crippen LogP contribution in [0, 0.1) is 10.8 Å². The average Bonchev–Trinajstić information content (AvgIpc) is 2.30. The molecule has 11 heavy (non-hydrogen) atoms. The van der Waals surface area contributed by atoms with Crippen LogP contribution in [0.2, 0.25) is 0 Å². The van der Waals surface area contributed by atoms with Crippen LogP contribution in [-0.2, 0) is 4.79 Å². The van der Waals surface area contributed by atoms with Crippen LogP contribution in [-0.4, -0.2) is 28.7 Å². The Balaban J connectivity index is 2.64. The van der Waals surface area contributed by atoms with Gasteiger partial charge in [0.1, 0.15) is 6.04 Å². The van der Waals surface area contributed by atoms with Crippen LogP contribution in [0.25, 0.3) is 0 Å². The van der Waals surface area contributed by atoms with Gasteiger partial charge in [0.25, 0.3) is 0 Å². The number of carboxylic acids is 1. The molecule has 0 aromatic heterocycles. The van der Waals surface area contributed by atoms with Gasteiger partial charge in [-0.05, 0) is 12.3 Å². The van der Waals surface area contributed by atoms with Gasteiger partial charge < -0.3 is 5.11 Å². The fraction of sp³-hybridized carbons (Fsp3) is 0.833. The zero-order chi connectivity index (χ0) is 8.43. The Morgan fingerprint density at radius 2 is 2.36 bits per heavy atom. The molecule has 1 rings (SSSR count). The Kier molecular flexibility index (Phi) is 2.07. The molecular formula is C6H10N2O3. The van der Waals surface area contributed by atoms with Crippen LogP contribution in [0.3, 0.4) is 0 Å². The van der Waals surface area contributed by atoms with Gasteiger partial charge in [-0.3, -0.25) is 0 Å². The summed E-state index contributed by atoms with van der Waals surface area (Å²) in [7, 11) is 0. The van der Waals surface area contributed by atoms with Crippen molar-refractivity contribution in [3.05, 3.63) is 4.91 Å². The van der Waals surface area contributed by atoms with Gasteiger partial charge in [-0.25, -0.2) is 9.80 Å². The van der Waals surface area contributed by atoms with E-state index in [0.717, 1.165) is 5.01 Å². The number of nitrogens with zero attached hydrogens (tertiary/aromatic N) is 2. The summed E-state index contributed by atoms with van der Waals surface area (Å²) >= 11 is 0. The van der Waals surface area contributed by atoms with E-state index in [0.29, 0.717) is 13.0 Å². The predicted molar refractivity (Wildman–Crippen MR) is 37.7 cm³/mol. The summed E-state index contributed by atoms with van der Waals surface area (Å²) in [5, 5.41) is 12.3. The molecule has 0 amide bonds. The molecule has 0 aromatic rings. The van der Waals surface area contributed by atoms with Gasteiger partial charge in [-0.15, -0.1) is 4.91 Å². The van der Waals surface area contributed by atoms with Crippen LogP contribution in [0.5, 0.6) is 0 Å². The van der Waals surface area contributed by atoms with Crippen molar-refractivity contribution >= 4 is 5.97 Å². The molecule has 0 spiro atoms. The van der Waals surface area contributed by atoms with Gasteiger partial charge in [0.15, 0.2) is 0 Å². The molecule has 1 heterocycles. The molecule has 0 unspecified atom stereocenters. The molecule has 1 saturated heterocycles. The monoisotopic (exact) mass is 158 g/mol. The van der Waals surface area contributed by atoms with Crippen molar-refractivity contribution in [3.8, 4) is 0 Å². The highest BCUT2D eigenvalue weighted by Crippen LogP contribution is 2.22. The van der Waals surface area contributed by atoms with Crippen molar-refractivity contribution in [2.75, 3.05) is 6.54 Å². The third-order valence-corrected chi connectivity index (χ3v) is 1.87. The van der Waals surface area contributed by atoms with Crippen molar-refractivity contribution in [2.24, 2.45) is 11.2 Å². The SMILES string of the molecule is C[C@@H]1C[C@@H](C(=O)O)N(N=O)C1. The lowest BCUT2D eigenvalue weighted by Gasteiger charge is -2.11. The summed E-state index contributed by atoms with van der Waals surface area (Å²) in [4.78, 5) is 20.6. The molecule has 1 aliphatic rings. The van der Waals surface area contributed by atoms with Crippen LogP contribution in [0.15, 0.2) is 5.29 Å². The summed E-state index contributed by atoms with van der Waals surface area (Å²) in [5.41, 5.74) is 0. The molecule has 5 heteroatoms. The fourth-order valence-corrected chi connectivity index (χ4v) is 1.34. The molecule has 62 valence electrons. The van der Waals surface area contributed by atoms with E-state index >= 15 is 0 Å². The zero-order valence-electron chi connectivity index (χ0n) is 6.23. The van der Waals surface area contributed by atoms with Gasteiger partial charge >= 0.3 is 5.97 Å². The first-order chi connectivity index (χ1) is 5.15. The summed E-state index contributed by atoms with van der Waals surface area (Å²) in [5.74, 6) is -0.720. The number of hydrogen-bond donors (Lipinski definition) is 1. The van der Waals surface area contributed by atoms with Gasteiger partial charge in [-0.1, -0.05) is 6.92 Å². The van der Waals surface area contributed by atoms with Crippen molar-refractivity contribution < 1.29 is 9.90 Å². The van der Waals surface area contributed by atoms with E-state index in [9.17, 15) is 9.70 Å². The van der Waals surface area contributed by atoms with Crippen LogP contribution in [0.1, 0.15) is 13.3 Å². The third kappa shape index (κ3) is 1.47. The minimum atomic E-state index is -0.964. The topological polar surface area (TPSA) is 70.0 Å². The van der Waals surface area contributed by atoms with E-state index < -0.39 is 12.0 Å². The third-order valence-electron chi connectivity index (χ3n) is 1.87. The Labute approximate surface area is 63.9 Å². The maximum absolute atomic E-state index is 10.5. The highest BCUT2D eigenvalue weighted by atomic mass is 16.4. The largest absolute Gasteiger partial charge is 0.480 e. The molecule has 0 bridgehead atoms. The van der Waals surface area contributed by atoms with Gasteiger partial charge in [0, 0.05) is 6.54 Å². The second-order valence-corrected chi connectivity index (χ2v) is 2.90. The smallest absolute Gasteiger partial charge is 0.328 e. The lowest BCUT2D eigenvalue weighted by atomic mass is 10.1. The fourth-order valence-electron chi connectivity index (χ4n) is 1.34. The number of rotatable bonds is 2. The maximum atomic E-state index is 10.5. The van der Waals surface area contributed by atoms with Gasteiger partial charge in [0.05, 0.1) is 5.29 Å². The standard InChI is InChI=1S/C6H10N2O3/c1-4-2-5(6(9)10)8(3-4)7-11/h4-5H,2-3H2,1H3,(H,9,10)/t4-,5+/m1/s1. The van der Waals surface area contributed by atoms with Gasteiger partial charge in [-0.2, -0.15) is 0 Å². The van der Waals surface area contributed by atoms with Crippen LogP contribution in [0.4, 0.5) is 0 Å². The molecule has 1 aliphatic heterocycles. The van der Waals surface area contributed by atoms with Crippen LogP contribution >= 0.6 is 0 Å². The summed E-state index contributed by atoms with van der Waals surface area (Å²) < 4.78 is 0. The second-order valence-electron chi connectivity index (χ2n) is 2.90. The highest BCUT2D eigenvalue weighted by Gasteiger charge is 2.34. The lowest BCUT2D eigenvalue weighted by Crippen LogP contribution is -2.31. The van der Waals surface area contributed by atoms with E-state index in [-0.39, 0.29) is 5.92 Å². The molecule has 1 fully saturated rings. The lowest BCUT2D eigenvalue weighted by molar-refractivity contribution is -0.142. The second kappa shape index (κ2) is 2.86. The zero-order valence-corrected chi connectivity index (χ0v) is 6.23. The van der Waals surface area contributed by atoms with E-state index in [1.807, 2.05) is 6.92 Å². The van der Waals surface area contributed by atoms with Crippen molar-refractivity contribution in [2.45, 2.75) is 19.4 Å². The number of hydrogen-bond acceptors (Lipinski definition) is 3. The Morgan fingerprint density at radius 3 is 2.73 bits per heavy atom. The van der Waals surface area contributed by atoms with E-state index in [4.69, 9.17) is 5.11 Å². The highest BCUT2D eigenvalue weighted by molar-refractivity contribution is 5.73. The first-order valence-corrected chi connectivity index (χ1v) is 3.48. The quantitative estimate of drug-likeness (QED) is 0.593. The maximum Gasteiger partial charge on any atom is 0.328 e. The average molecular weight is 158 g/mol. The van der Waals surface area contributed by atoms with E-state index in [1.54, 1.807) is 0 Å². The molecule has 0 radical (unpaired) electrons. The molecule has 0 saturated carbocycles. The molecule has 5 nitrogen and oxygen atoms in total. The molecular weight excluding hydrogens is 148 g/mol. The first-order valence-electron chi connectivity index (χ1n) is 3.48. The number of aliphatic carboxylic acids is 1. The van der Waals surface area contributed by atoms with Crippen molar-refractivity contribution in [1.29, 1.82) is 0 Å². The van der Waals surface area contributed by atoms with Crippen molar-refractivity contribution in [3.63, 3.8) is 0 Å². The van der Waals surface area contributed by atoms with Gasteiger partial charge in [0.2, 0.25) is 0 Å². The Morgan fingerprint density at radius 1 is 1.73 bits per heavy atom. The first kappa shape index (κ1) is 7.97. The number of carbonyl (C=O) groups is 1. The summed E-state index contributed by atoms with van der Waals surface area (Å²) in [6.07, 6.45) is 0.515. The normalized spacial score (nSPS) is 30.5. The van der Waals surface area contributed by atoms with Crippen molar-refractivity contribution in [1.82, 2.24) is 5.01 Å². The summed E-state index contributed by atoms with van der Waals surface area (Å²) in [6, 6.07) is -0.706. The molecule has 0 aliphatic carbocycles. The molecule has 0 aromatic carbocycles. The van der Waals surface area contributed by atoms with E-state index in [1.165, 1.54) is 0 Å². The van der Waals surface area contributed by atoms with Crippen LogP contribution < -0.4 is 0 Å². The predicted octanol–water partition coefficient (Wildman–Crippen LogP) is 0.463. The summed E-state index contributed by atoms with van der Waals surface area (Å²) in [6.45, 7) is 2.36. The Bertz CT molecular complexity index is 183. The molecule has 2 atom stereocenters. The number of nitroso groups, excluding NO2 is 1. The minimum Gasteiger partial charge on any atom is -0.480 e. The van der Waals surface area contributed by atoms with E-state index in [2.05, 4.69) is 5.29 Å². The Hall–Kier alpha value is -1.13.